The molecule has 1 aliphatic heterocycles. The summed E-state index contributed by atoms with van der Waals surface area (Å²) in [6, 6.07) is 2.69. The highest BCUT2D eigenvalue weighted by molar-refractivity contribution is 7.87. The van der Waals surface area contributed by atoms with Crippen LogP contribution in [0.1, 0.15) is 80.6 Å². The van der Waals surface area contributed by atoms with E-state index in [0.29, 0.717) is 25.4 Å². The van der Waals surface area contributed by atoms with Gasteiger partial charge in [-0.15, -0.1) is 6.58 Å². The predicted molar refractivity (Wildman–Crippen MR) is 119 cm³/mol. The van der Waals surface area contributed by atoms with Crippen LogP contribution in [-0.4, -0.2) is 38.3 Å². The fourth-order valence-electron chi connectivity index (χ4n) is 4.09. The molecule has 1 heterocycles. The Morgan fingerprint density at radius 1 is 1.29 bits per heavy atom. The molecule has 0 unspecified atom stereocenters. The van der Waals surface area contributed by atoms with Crippen LogP contribution in [-0.2, 0) is 10.2 Å². The third-order valence-corrected chi connectivity index (χ3v) is 8.09. The van der Waals surface area contributed by atoms with Crippen molar-refractivity contribution in [2.45, 2.75) is 64.7 Å². The first-order valence-electron chi connectivity index (χ1n) is 11.1. The number of carbonyl (C=O) groups is 1. The van der Waals surface area contributed by atoms with E-state index in [0.717, 1.165) is 50.5 Å². The normalized spacial score (nSPS) is 17.5. The van der Waals surface area contributed by atoms with Crippen molar-refractivity contribution in [1.82, 2.24) is 9.03 Å². The molecule has 6 nitrogen and oxygen atoms in total. The standard InChI is InChI=1S/C23H33FN2O4S/c1-4-11-23(5-2,6-3)16-30-21-15-20(24)19(14-18(21)17-9-10-17)22(27)25-31(28,29)26-12-7-8-13-26/h4,14-15,17H,1,5-13,16H2,2-3H3,(H,25,27). The lowest BCUT2D eigenvalue weighted by Crippen LogP contribution is -2.42. The van der Waals surface area contributed by atoms with E-state index in [2.05, 4.69) is 20.4 Å². The minimum absolute atomic E-state index is 0.0705. The van der Waals surface area contributed by atoms with Gasteiger partial charge in [-0.1, -0.05) is 19.9 Å². The van der Waals surface area contributed by atoms with Gasteiger partial charge < -0.3 is 4.74 Å². The Morgan fingerprint density at radius 2 is 1.94 bits per heavy atom. The summed E-state index contributed by atoms with van der Waals surface area (Å²) in [5.74, 6) is -1.08. The maximum absolute atomic E-state index is 14.9. The summed E-state index contributed by atoms with van der Waals surface area (Å²) in [6.07, 6.45) is 7.89. The number of rotatable bonds is 11. The maximum Gasteiger partial charge on any atom is 0.304 e. The number of carbonyl (C=O) groups excluding carboxylic acids is 1. The van der Waals surface area contributed by atoms with Crippen LogP contribution in [0.25, 0.3) is 0 Å². The van der Waals surface area contributed by atoms with E-state index in [1.807, 2.05) is 10.8 Å². The van der Waals surface area contributed by atoms with Crippen LogP contribution < -0.4 is 9.46 Å². The van der Waals surface area contributed by atoms with Gasteiger partial charge in [-0.3, -0.25) is 4.79 Å². The van der Waals surface area contributed by atoms with Crippen molar-refractivity contribution in [3.63, 3.8) is 0 Å². The number of halogens is 1. The predicted octanol–water partition coefficient (Wildman–Crippen LogP) is 4.53. The average molecular weight is 453 g/mol. The number of allylic oxidation sites excluding steroid dienone is 1. The highest BCUT2D eigenvalue weighted by Crippen LogP contribution is 2.45. The molecule has 1 aromatic rings. The van der Waals surface area contributed by atoms with Crippen LogP contribution in [0.5, 0.6) is 5.75 Å². The number of nitrogens with one attached hydrogen (secondary N) is 1. The monoisotopic (exact) mass is 452 g/mol. The van der Waals surface area contributed by atoms with Crippen molar-refractivity contribution < 1.29 is 22.3 Å². The Morgan fingerprint density at radius 3 is 2.48 bits per heavy atom. The van der Waals surface area contributed by atoms with E-state index >= 15 is 0 Å². The van der Waals surface area contributed by atoms with Gasteiger partial charge in [0.1, 0.15) is 11.6 Å². The summed E-state index contributed by atoms with van der Waals surface area (Å²) in [7, 11) is -3.97. The van der Waals surface area contributed by atoms with Crippen LogP contribution in [0.2, 0.25) is 0 Å². The number of hydrogen-bond donors (Lipinski definition) is 1. The lowest BCUT2D eigenvalue weighted by molar-refractivity contribution is 0.0975. The first kappa shape index (κ1) is 23.7. The molecule has 0 atom stereocenters. The summed E-state index contributed by atoms with van der Waals surface area (Å²) in [5.41, 5.74) is 0.434. The fourth-order valence-corrected chi connectivity index (χ4v) is 5.30. The van der Waals surface area contributed by atoms with Crippen molar-refractivity contribution in [3.05, 3.63) is 41.7 Å². The second-order valence-electron chi connectivity index (χ2n) is 8.68. The highest BCUT2D eigenvalue weighted by Gasteiger charge is 2.33. The minimum atomic E-state index is -3.97. The van der Waals surface area contributed by atoms with Gasteiger partial charge in [-0.25, -0.2) is 9.11 Å². The molecule has 1 N–H and O–H groups in total. The SMILES string of the molecule is C=CCC(CC)(CC)COc1cc(F)c(C(=O)NS(=O)(=O)N2CCCC2)cc1C1CC1. The molecule has 1 aromatic carbocycles. The van der Waals surface area contributed by atoms with Crippen molar-refractivity contribution >= 4 is 16.1 Å². The zero-order chi connectivity index (χ0) is 22.6. The van der Waals surface area contributed by atoms with Crippen LogP contribution >= 0.6 is 0 Å². The lowest BCUT2D eigenvalue weighted by atomic mass is 9.80. The third kappa shape index (κ3) is 5.47. The zero-order valence-corrected chi connectivity index (χ0v) is 19.3. The number of hydrogen-bond acceptors (Lipinski definition) is 4. The molecule has 1 amide bonds. The van der Waals surface area contributed by atoms with Crippen molar-refractivity contribution in [1.29, 1.82) is 0 Å². The van der Waals surface area contributed by atoms with Crippen LogP contribution in [0.3, 0.4) is 0 Å². The smallest absolute Gasteiger partial charge is 0.304 e. The van der Waals surface area contributed by atoms with E-state index < -0.39 is 21.9 Å². The van der Waals surface area contributed by atoms with Crippen LogP contribution in [0, 0.1) is 11.2 Å². The highest BCUT2D eigenvalue weighted by atomic mass is 32.2. The van der Waals surface area contributed by atoms with Gasteiger partial charge in [0.2, 0.25) is 0 Å². The number of amides is 1. The summed E-state index contributed by atoms with van der Waals surface area (Å²) < 4.78 is 49.0. The van der Waals surface area contributed by atoms with Gasteiger partial charge in [0.25, 0.3) is 5.91 Å². The third-order valence-electron chi connectivity index (χ3n) is 6.60. The van der Waals surface area contributed by atoms with E-state index in [1.54, 1.807) is 0 Å². The van der Waals surface area contributed by atoms with Crippen LogP contribution in [0.4, 0.5) is 4.39 Å². The fraction of sp³-hybridized carbons (Fsp3) is 0.609. The summed E-state index contributed by atoms with van der Waals surface area (Å²) in [5, 5.41) is 0. The van der Waals surface area contributed by atoms with E-state index in [-0.39, 0.29) is 16.9 Å². The molecule has 1 saturated carbocycles. The maximum atomic E-state index is 14.9. The molecule has 0 aromatic heterocycles. The lowest BCUT2D eigenvalue weighted by Gasteiger charge is -2.31. The Balaban J connectivity index is 1.82. The molecule has 2 fully saturated rings. The van der Waals surface area contributed by atoms with Gasteiger partial charge in [0.05, 0.1) is 12.2 Å². The largest absolute Gasteiger partial charge is 0.493 e. The number of ether oxygens (including phenoxy) is 1. The molecule has 0 spiro atoms. The molecular weight excluding hydrogens is 419 g/mol. The van der Waals surface area contributed by atoms with Gasteiger partial charge in [-0.05, 0) is 62.5 Å². The Labute approximate surface area is 185 Å². The van der Waals surface area contributed by atoms with E-state index in [4.69, 9.17) is 4.74 Å². The Kier molecular flexibility index (Phi) is 7.42. The average Bonchev–Trinajstić information content (AvgIpc) is 3.42. The molecule has 0 bridgehead atoms. The first-order chi connectivity index (χ1) is 14.7. The summed E-state index contributed by atoms with van der Waals surface area (Å²) in [4.78, 5) is 12.6. The molecule has 2 aliphatic rings. The Bertz CT molecular complexity index is 918. The van der Waals surface area contributed by atoms with Crippen LogP contribution in [0.15, 0.2) is 24.8 Å². The molecule has 8 heteroatoms. The topological polar surface area (TPSA) is 75.7 Å². The Hall–Kier alpha value is -1.93. The molecule has 31 heavy (non-hydrogen) atoms. The van der Waals surface area contributed by atoms with Gasteiger partial charge >= 0.3 is 10.2 Å². The summed E-state index contributed by atoms with van der Waals surface area (Å²) in [6.45, 7) is 9.22. The number of nitrogens with zero attached hydrogens (tertiary/aromatic N) is 1. The number of benzene rings is 1. The first-order valence-corrected chi connectivity index (χ1v) is 12.6. The van der Waals surface area contributed by atoms with Gasteiger partial charge in [0.15, 0.2) is 0 Å². The molecule has 0 radical (unpaired) electrons. The quantitative estimate of drug-likeness (QED) is 0.501. The summed E-state index contributed by atoms with van der Waals surface area (Å²) >= 11 is 0. The van der Waals surface area contributed by atoms with Gasteiger partial charge in [0, 0.05) is 24.6 Å². The minimum Gasteiger partial charge on any atom is -0.493 e. The van der Waals surface area contributed by atoms with Gasteiger partial charge in [-0.2, -0.15) is 12.7 Å². The van der Waals surface area contributed by atoms with Crippen molar-refractivity contribution in [2.24, 2.45) is 5.41 Å². The van der Waals surface area contributed by atoms with E-state index in [1.165, 1.54) is 16.4 Å². The molecule has 3 rings (SSSR count). The molecule has 172 valence electrons. The second kappa shape index (κ2) is 9.69. The second-order valence-corrected chi connectivity index (χ2v) is 10.3. The van der Waals surface area contributed by atoms with E-state index in [9.17, 15) is 17.6 Å². The zero-order valence-electron chi connectivity index (χ0n) is 18.5. The van der Waals surface area contributed by atoms with Crippen molar-refractivity contribution in [3.8, 4) is 5.75 Å². The molecule has 1 saturated heterocycles. The molecule has 1 aliphatic carbocycles. The molecular formula is C23H33FN2O4S. The van der Waals surface area contributed by atoms with Crippen molar-refractivity contribution in [2.75, 3.05) is 19.7 Å².